The molecular formula is C21H24N4O2S. The van der Waals surface area contributed by atoms with Crippen LogP contribution >= 0.6 is 11.8 Å². The zero-order chi connectivity index (χ0) is 19.9. The summed E-state index contributed by atoms with van der Waals surface area (Å²) >= 11 is 1.37. The fourth-order valence-electron chi connectivity index (χ4n) is 2.95. The first-order valence-electron chi connectivity index (χ1n) is 9.05. The van der Waals surface area contributed by atoms with Gasteiger partial charge >= 0.3 is 0 Å². The van der Waals surface area contributed by atoms with Crippen molar-refractivity contribution in [1.29, 1.82) is 0 Å². The van der Waals surface area contributed by atoms with Crippen LogP contribution in [0.15, 0.2) is 53.7 Å². The van der Waals surface area contributed by atoms with Gasteiger partial charge in [-0.25, -0.2) is 0 Å². The molecule has 28 heavy (non-hydrogen) atoms. The maximum absolute atomic E-state index is 12.4. The lowest BCUT2D eigenvalue weighted by Crippen LogP contribution is -2.15. The lowest BCUT2D eigenvalue weighted by atomic mass is 10.1. The Morgan fingerprint density at radius 1 is 1.11 bits per heavy atom. The third kappa shape index (κ3) is 5.21. The van der Waals surface area contributed by atoms with Crippen molar-refractivity contribution in [3.05, 3.63) is 59.7 Å². The number of carbonyl (C=O) groups excluding carboxylic acids is 1. The van der Waals surface area contributed by atoms with Crippen LogP contribution in [0.3, 0.4) is 0 Å². The zero-order valence-corrected chi connectivity index (χ0v) is 17.1. The molecule has 0 saturated heterocycles. The number of rotatable bonds is 8. The number of methoxy groups -OCH3 is 1. The van der Waals surface area contributed by atoms with Gasteiger partial charge in [-0.15, -0.1) is 10.2 Å². The molecule has 0 spiro atoms. The van der Waals surface area contributed by atoms with Gasteiger partial charge in [-0.1, -0.05) is 48.2 Å². The molecule has 3 rings (SSSR count). The van der Waals surface area contributed by atoms with E-state index in [1.807, 2.05) is 60.9 Å². The molecular weight excluding hydrogens is 372 g/mol. The van der Waals surface area contributed by atoms with Gasteiger partial charge in [0.15, 0.2) is 11.0 Å². The first-order chi connectivity index (χ1) is 13.6. The van der Waals surface area contributed by atoms with E-state index in [-0.39, 0.29) is 11.7 Å². The Labute approximate surface area is 169 Å². The number of ether oxygens (including phenoxy) is 1. The van der Waals surface area contributed by atoms with Gasteiger partial charge < -0.3 is 10.1 Å². The summed E-state index contributed by atoms with van der Waals surface area (Å²) < 4.78 is 7.22. The summed E-state index contributed by atoms with van der Waals surface area (Å²) in [6, 6.07) is 15.9. The van der Waals surface area contributed by atoms with E-state index in [9.17, 15) is 4.79 Å². The Balaban J connectivity index is 1.71. The second kappa shape index (κ2) is 9.52. The Hall–Kier alpha value is -2.64. The van der Waals surface area contributed by atoms with Gasteiger partial charge in [0.1, 0.15) is 0 Å². The summed E-state index contributed by atoms with van der Waals surface area (Å²) in [6.45, 7) is 5.19. The lowest BCUT2D eigenvalue weighted by Gasteiger charge is -2.10. The standard InChI is InChI=1S/C21H24N4O2S/c1-15-11-16(2)13-18(12-15)22-19(26)14-28-21-24-23-20(25(21)9-10-27-3)17-7-5-4-6-8-17/h4-8,11-13H,9-10,14H2,1-3H3,(H,22,26). The average Bonchev–Trinajstić information content (AvgIpc) is 3.07. The van der Waals surface area contributed by atoms with E-state index in [0.29, 0.717) is 18.3 Å². The monoisotopic (exact) mass is 396 g/mol. The van der Waals surface area contributed by atoms with E-state index in [1.54, 1.807) is 7.11 Å². The predicted molar refractivity (Wildman–Crippen MR) is 113 cm³/mol. The van der Waals surface area contributed by atoms with Crippen molar-refractivity contribution >= 4 is 23.4 Å². The maximum atomic E-state index is 12.4. The highest BCUT2D eigenvalue weighted by molar-refractivity contribution is 7.99. The van der Waals surface area contributed by atoms with Crippen LogP contribution in [0, 0.1) is 13.8 Å². The summed E-state index contributed by atoms with van der Waals surface area (Å²) in [7, 11) is 1.66. The van der Waals surface area contributed by atoms with Crippen LogP contribution in [0.25, 0.3) is 11.4 Å². The van der Waals surface area contributed by atoms with E-state index in [4.69, 9.17) is 4.74 Å². The number of hydrogen-bond donors (Lipinski definition) is 1. The summed E-state index contributed by atoms with van der Waals surface area (Å²) in [5.41, 5.74) is 4.04. The number of nitrogens with zero attached hydrogens (tertiary/aromatic N) is 3. The predicted octanol–water partition coefficient (Wildman–Crippen LogP) is 3.94. The average molecular weight is 397 g/mol. The summed E-state index contributed by atoms with van der Waals surface area (Å²) in [4.78, 5) is 12.4. The minimum atomic E-state index is -0.0717. The van der Waals surface area contributed by atoms with E-state index in [1.165, 1.54) is 11.8 Å². The molecule has 0 fully saturated rings. The quantitative estimate of drug-likeness (QED) is 0.584. The van der Waals surface area contributed by atoms with Gasteiger partial charge in [0.2, 0.25) is 5.91 Å². The Kier molecular flexibility index (Phi) is 6.84. The second-order valence-electron chi connectivity index (χ2n) is 6.53. The van der Waals surface area contributed by atoms with Crippen LogP contribution < -0.4 is 5.32 Å². The molecule has 0 aliphatic heterocycles. The number of amides is 1. The maximum Gasteiger partial charge on any atom is 0.234 e. The van der Waals surface area contributed by atoms with E-state index in [2.05, 4.69) is 21.6 Å². The number of thioether (sulfide) groups is 1. The van der Waals surface area contributed by atoms with Crippen molar-refractivity contribution in [2.75, 3.05) is 24.8 Å². The van der Waals surface area contributed by atoms with Crippen molar-refractivity contribution in [2.45, 2.75) is 25.5 Å². The van der Waals surface area contributed by atoms with E-state index >= 15 is 0 Å². The Bertz CT molecular complexity index is 921. The summed E-state index contributed by atoms with van der Waals surface area (Å²) in [6.07, 6.45) is 0. The zero-order valence-electron chi connectivity index (χ0n) is 16.3. The van der Waals surface area contributed by atoms with Gasteiger partial charge in [0.05, 0.1) is 18.9 Å². The Morgan fingerprint density at radius 3 is 2.50 bits per heavy atom. The van der Waals surface area contributed by atoms with Crippen molar-refractivity contribution in [1.82, 2.24) is 14.8 Å². The van der Waals surface area contributed by atoms with Crippen molar-refractivity contribution in [3.8, 4) is 11.4 Å². The highest BCUT2D eigenvalue weighted by atomic mass is 32.2. The fraction of sp³-hybridized carbons (Fsp3) is 0.286. The first-order valence-corrected chi connectivity index (χ1v) is 10.0. The molecule has 6 nitrogen and oxygen atoms in total. The number of benzene rings is 2. The smallest absolute Gasteiger partial charge is 0.234 e. The van der Waals surface area contributed by atoms with Crippen LogP contribution in [0.5, 0.6) is 0 Å². The minimum absolute atomic E-state index is 0.0717. The van der Waals surface area contributed by atoms with Gasteiger partial charge in [-0.3, -0.25) is 9.36 Å². The molecule has 1 N–H and O–H groups in total. The van der Waals surface area contributed by atoms with E-state index < -0.39 is 0 Å². The van der Waals surface area contributed by atoms with Gasteiger partial charge in [0.25, 0.3) is 0 Å². The third-order valence-electron chi connectivity index (χ3n) is 4.11. The van der Waals surface area contributed by atoms with Crippen LogP contribution in [0.4, 0.5) is 5.69 Å². The lowest BCUT2D eigenvalue weighted by molar-refractivity contribution is -0.113. The number of hydrogen-bond acceptors (Lipinski definition) is 5. The second-order valence-corrected chi connectivity index (χ2v) is 7.47. The molecule has 0 bridgehead atoms. The van der Waals surface area contributed by atoms with Gasteiger partial charge in [0, 0.05) is 18.4 Å². The molecule has 0 atom stereocenters. The van der Waals surface area contributed by atoms with Crippen molar-refractivity contribution in [2.24, 2.45) is 0 Å². The first kappa shape index (κ1) is 20.1. The number of aromatic nitrogens is 3. The van der Waals surface area contributed by atoms with Crippen LogP contribution in [0.2, 0.25) is 0 Å². The van der Waals surface area contributed by atoms with Crippen molar-refractivity contribution in [3.63, 3.8) is 0 Å². The summed E-state index contributed by atoms with van der Waals surface area (Å²) in [5, 5.41) is 12.3. The Morgan fingerprint density at radius 2 is 1.82 bits per heavy atom. The molecule has 3 aromatic rings. The molecule has 7 heteroatoms. The molecule has 2 aromatic carbocycles. The molecule has 0 unspecified atom stereocenters. The molecule has 146 valence electrons. The minimum Gasteiger partial charge on any atom is -0.383 e. The number of anilines is 1. The number of nitrogens with one attached hydrogen (secondary N) is 1. The summed E-state index contributed by atoms with van der Waals surface area (Å²) in [5.74, 6) is 0.958. The SMILES string of the molecule is COCCn1c(SCC(=O)Nc2cc(C)cc(C)c2)nnc1-c1ccccc1. The molecule has 1 heterocycles. The number of aryl methyl sites for hydroxylation is 2. The molecule has 0 radical (unpaired) electrons. The molecule has 0 aliphatic carbocycles. The highest BCUT2D eigenvalue weighted by Crippen LogP contribution is 2.24. The largest absolute Gasteiger partial charge is 0.383 e. The van der Waals surface area contributed by atoms with Gasteiger partial charge in [-0.05, 0) is 37.1 Å². The molecule has 0 saturated carbocycles. The normalized spacial score (nSPS) is 10.8. The molecule has 1 amide bonds. The third-order valence-corrected chi connectivity index (χ3v) is 5.07. The topological polar surface area (TPSA) is 69.0 Å². The fourth-order valence-corrected chi connectivity index (χ4v) is 3.72. The van der Waals surface area contributed by atoms with Gasteiger partial charge in [-0.2, -0.15) is 0 Å². The van der Waals surface area contributed by atoms with Crippen LogP contribution in [-0.2, 0) is 16.1 Å². The molecule has 1 aromatic heterocycles. The highest BCUT2D eigenvalue weighted by Gasteiger charge is 2.15. The molecule has 0 aliphatic rings. The number of carbonyl (C=O) groups is 1. The van der Waals surface area contributed by atoms with Crippen molar-refractivity contribution < 1.29 is 9.53 Å². The van der Waals surface area contributed by atoms with Crippen LogP contribution in [-0.4, -0.2) is 40.1 Å². The van der Waals surface area contributed by atoms with E-state index in [0.717, 1.165) is 28.2 Å². The van der Waals surface area contributed by atoms with Crippen LogP contribution in [0.1, 0.15) is 11.1 Å².